The molecule has 0 saturated heterocycles. The van der Waals surface area contributed by atoms with Crippen molar-refractivity contribution in [3.63, 3.8) is 0 Å². The average Bonchev–Trinajstić information content (AvgIpc) is 2.87. The van der Waals surface area contributed by atoms with Crippen LogP contribution in [0.25, 0.3) is 0 Å². The molecular formula is C19H22ClN3O. The van der Waals surface area contributed by atoms with Gasteiger partial charge in [-0.25, -0.2) is 0 Å². The minimum absolute atomic E-state index is 0.00518. The Hall–Kier alpha value is -1.65. The summed E-state index contributed by atoms with van der Waals surface area (Å²) >= 11 is 6.03. The van der Waals surface area contributed by atoms with Crippen molar-refractivity contribution in [2.24, 2.45) is 16.4 Å². The molecule has 2 aliphatic heterocycles. The Balaban J connectivity index is 1.85. The third kappa shape index (κ3) is 2.49. The van der Waals surface area contributed by atoms with Crippen molar-refractivity contribution in [2.45, 2.75) is 45.8 Å². The van der Waals surface area contributed by atoms with Crippen LogP contribution in [-0.4, -0.2) is 17.7 Å². The molecule has 4 rings (SSSR count). The summed E-state index contributed by atoms with van der Waals surface area (Å²) in [6.07, 6.45) is 1.58. The first-order chi connectivity index (χ1) is 11.4. The summed E-state index contributed by atoms with van der Waals surface area (Å²) in [4.78, 5) is 13.0. The van der Waals surface area contributed by atoms with Crippen molar-refractivity contribution in [1.29, 1.82) is 0 Å². The number of ketones is 1. The standard InChI is InChI=1S/C19H22ClN3O/c1-10-15-13-8-19(2,3)9-14(24)16(13)17(21-18(15)23-22-10)11-4-6-12(20)7-5-11/h4-7,15,17-18,21,23H,8-9H2,1-3H3/t15-,17-,18-/m0/s1. The Kier molecular flexibility index (Phi) is 3.59. The molecule has 0 aromatic heterocycles. The number of carbonyl (C=O) groups is 1. The molecule has 0 amide bonds. The third-order valence-electron chi connectivity index (χ3n) is 5.33. The van der Waals surface area contributed by atoms with Gasteiger partial charge in [0.1, 0.15) is 6.17 Å². The van der Waals surface area contributed by atoms with E-state index in [1.165, 1.54) is 5.57 Å². The van der Waals surface area contributed by atoms with Crippen LogP contribution in [0, 0.1) is 11.3 Å². The largest absolute Gasteiger partial charge is 0.294 e. The number of halogens is 1. The minimum Gasteiger partial charge on any atom is -0.294 e. The highest BCUT2D eigenvalue weighted by molar-refractivity contribution is 6.30. The number of hydrogen-bond donors (Lipinski definition) is 2. The molecule has 2 N–H and O–H groups in total. The maximum atomic E-state index is 13.0. The highest BCUT2D eigenvalue weighted by Crippen LogP contribution is 2.47. The van der Waals surface area contributed by atoms with Crippen LogP contribution in [0.2, 0.25) is 5.02 Å². The Morgan fingerprint density at radius 1 is 1.21 bits per heavy atom. The Bertz CT molecular complexity index is 763. The normalized spacial score (nSPS) is 31.2. The van der Waals surface area contributed by atoms with E-state index in [1.54, 1.807) is 0 Å². The van der Waals surface area contributed by atoms with Crippen molar-refractivity contribution >= 4 is 23.1 Å². The second kappa shape index (κ2) is 5.43. The average molecular weight is 344 g/mol. The van der Waals surface area contributed by atoms with Gasteiger partial charge in [-0.3, -0.25) is 15.5 Å². The molecule has 126 valence electrons. The summed E-state index contributed by atoms with van der Waals surface area (Å²) in [6.45, 7) is 6.40. The molecule has 4 nitrogen and oxygen atoms in total. The van der Waals surface area contributed by atoms with Crippen molar-refractivity contribution in [3.05, 3.63) is 46.0 Å². The lowest BCUT2D eigenvalue weighted by atomic mass is 9.66. The molecule has 0 unspecified atom stereocenters. The molecule has 24 heavy (non-hydrogen) atoms. The molecule has 1 aromatic rings. The van der Waals surface area contributed by atoms with E-state index in [2.05, 4.69) is 29.7 Å². The van der Waals surface area contributed by atoms with Gasteiger partial charge in [0.15, 0.2) is 5.78 Å². The van der Waals surface area contributed by atoms with Gasteiger partial charge in [0.25, 0.3) is 0 Å². The van der Waals surface area contributed by atoms with Crippen molar-refractivity contribution < 1.29 is 4.79 Å². The number of hydrazone groups is 1. The molecular weight excluding hydrogens is 322 g/mol. The fourth-order valence-electron chi connectivity index (χ4n) is 4.33. The number of nitrogens with one attached hydrogen (secondary N) is 2. The number of carbonyl (C=O) groups excluding carboxylic acids is 1. The Labute approximate surface area is 147 Å². The highest BCUT2D eigenvalue weighted by Gasteiger charge is 2.47. The highest BCUT2D eigenvalue weighted by atomic mass is 35.5. The lowest BCUT2D eigenvalue weighted by Crippen LogP contribution is -2.52. The number of fused-ring (bicyclic) bond motifs is 2. The zero-order chi connectivity index (χ0) is 17.1. The Morgan fingerprint density at radius 2 is 1.92 bits per heavy atom. The van der Waals surface area contributed by atoms with Gasteiger partial charge >= 0.3 is 0 Å². The third-order valence-corrected chi connectivity index (χ3v) is 5.58. The molecule has 2 heterocycles. The summed E-state index contributed by atoms with van der Waals surface area (Å²) < 4.78 is 0. The molecule has 5 heteroatoms. The fraction of sp³-hybridized carbons (Fsp3) is 0.474. The molecule has 1 aliphatic carbocycles. The zero-order valence-corrected chi connectivity index (χ0v) is 14.9. The topological polar surface area (TPSA) is 53.5 Å². The van der Waals surface area contributed by atoms with E-state index in [4.69, 9.17) is 11.6 Å². The van der Waals surface area contributed by atoms with Gasteiger partial charge in [-0.1, -0.05) is 37.6 Å². The SMILES string of the molecule is CC1=NN[C@@H]2N[C@@H](c3ccc(Cl)cc3)C3=C(CC(C)(C)CC3=O)[C@H]12. The van der Waals surface area contributed by atoms with E-state index in [-0.39, 0.29) is 29.3 Å². The van der Waals surface area contributed by atoms with E-state index in [9.17, 15) is 4.79 Å². The maximum Gasteiger partial charge on any atom is 0.161 e. The van der Waals surface area contributed by atoms with Gasteiger partial charge < -0.3 is 0 Å². The fourth-order valence-corrected chi connectivity index (χ4v) is 4.46. The quantitative estimate of drug-likeness (QED) is 0.819. The van der Waals surface area contributed by atoms with Crippen LogP contribution in [0.1, 0.15) is 45.2 Å². The van der Waals surface area contributed by atoms with Crippen LogP contribution in [0.5, 0.6) is 0 Å². The van der Waals surface area contributed by atoms with Gasteiger partial charge in [0.05, 0.1) is 12.0 Å². The van der Waals surface area contributed by atoms with Crippen molar-refractivity contribution in [2.75, 3.05) is 0 Å². The second-order valence-corrected chi connectivity index (χ2v) is 8.31. The predicted octanol–water partition coefficient (Wildman–Crippen LogP) is 3.59. The van der Waals surface area contributed by atoms with E-state index < -0.39 is 0 Å². The van der Waals surface area contributed by atoms with E-state index in [0.29, 0.717) is 11.4 Å². The molecule has 3 atom stereocenters. The second-order valence-electron chi connectivity index (χ2n) is 7.87. The van der Waals surface area contributed by atoms with E-state index >= 15 is 0 Å². The van der Waals surface area contributed by atoms with E-state index in [0.717, 1.165) is 23.3 Å². The van der Waals surface area contributed by atoms with Crippen LogP contribution in [0.4, 0.5) is 0 Å². The maximum absolute atomic E-state index is 13.0. The molecule has 0 radical (unpaired) electrons. The van der Waals surface area contributed by atoms with Gasteiger partial charge in [-0.15, -0.1) is 0 Å². The van der Waals surface area contributed by atoms with Crippen LogP contribution in [0.15, 0.2) is 40.5 Å². The number of nitrogens with zero attached hydrogens (tertiary/aromatic N) is 1. The number of hydrogen-bond acceptors (Lipinski definition) is 4. The van der Waals surface area contributed by atoms with Crippen LogP contribution < -0.4 is 10.7 Å². The first-order valence-corrected chi connectivity index (χ1v) is 8.81. The number of benzene rings is 1. The van der Waals surface area contributed by atoms with E-state index in [1.807, 2.05) is 31.2 Å². The smallest absolute Gasteiger partial charge is 0.161 e. The van der Waals surface area contributed by atoms with Gasteiger partial charge in [-0.05, 0) is 42.0 Å². The Morgan fingerprint density at radius 3 is 2.62 bits per heavy atom. The summed E-state index contributed by atoms with van der Waals surface area (Å²) in [5, 5.41) is 8.72. The van der Waals surface area contributed by atoms with Crippen LogP contribution in [0.3, 0.4) is 0 Å². The van der Waals surface area contributed by atoms with Gasteiger partial charge in [0, 0.05) is 22.7 Å². The summed E-state index contributed by atoms with van der Waals surface area (Å²) in [5.74, 6) is 0.430. The lowest BCUT2D eigenvalue weighted by Gasteiger charge is -2.43. The molecule has 1 aromatic carbocycles. The summed E-state index contributed by atoms with van der Waals surface area (Å²) in [6, 6.07) is 7.66. The molecule has 0 saturated carbocycles. The summed E-state index contributed by atoms with van der Waals surface area (Å²) in [7, 11) is 0. The zero-order valence-electron chi connectivity index (χ0n) is 14.2. The van der Waals surface area contributed by atoms with Crippen molar-refractivity contribution in [1.82, 2.24) is 10.7 Å². The van der Waals surface area contributed by atoms with Crippen molar-refractivity contribution in [3.8, 4) is 0 Å². The molecule has 0 spiro atoms. The molecule has 0 bridgehead atoms. The van der Waals surface area contributed by atoms with Crippen LogP contribution in [-0.2, 0) is 4.79 Å². The van der Waals surface area contributed by atoms with Gasteiger partial charge in [-0.2, -0.15) is 5.10 Å². The lowest BCUT2D eigenvalue weighted by molar-refractivity contribution is -0.118. The molecule has 3 aliphatic rings. The van der Waals surface area contributed by atoms with Crippen LogP contribution >= 0.6 is 11.6 Å². The first-order valence-electron chi connectivity index (χ1n) is 8.43. The van der Waals surface area contributed by atoms with Gasteiger partial charge in [0.2, 0.25) is 0 Å². The number of Topliss-reactive ketones (excluding diaryl/α,β-unsaturated/α-hetero) is 1. The minimum atomic E-state index is -0.101. The first kappa shape index (κ1) is 15.9. The predicted molar refractivity (Wildman–Crippen MR) is 95.9 cm³/mol. The number of rotatable bonds is 1. The summed E-state index contributed by atoms with van der Waals surface area (Å²) in [5.41, 5.74) is 7.53. The monoisotopic (exact) mass is 343 g/mol. The molecule has 0 fully saturated rings.